The summed E-state index contributed by atoms with van der Waals surface area (Å²) in [7, 11) is 0. The average molecular weight is 246 g/mol. The SMILES string of the molecule is CSCCC(CO)Nc1cccc(Cl)c1. The van der Waals surface area contributed by atoms with E-state index in [1.165, 1.54) is 0 Å². The van der Waals surface area contributed by atoms with E-state index in [0.29, 0.717) is 5.02 Å². The summed E-state index contributed by atoms with van der Waals surface area (Å²) in [4.78, 5) is 0. The molecular formula is C11H16ClNOS. The molecule has 2 N–H and O–H groups in total. The molecular weight excluding hydrogens is 230 g/mol. The molecule has 0 amide bonds. The number of aliphatic hydroxyl groups excluding tert-OH is 1. The van der Waals surface area contributed by atoms with E-state index in [4.69, 9.17) is 11.6 Å². The molecule has 0 aromatic heterocycles. The van der Waals surface area contributed by atoms with Crippen molar-refractivity contribution in [3.05, 3.63) is 29.3 Å². The summed E-state index contributed by atoms with van der Waals surface area (Å²) < 4.78 is 0. The summed E-state index contributed by atoms with van der Waals surface area (Å²) in [5.74, 6) is 1.04. The molecule has 1 aromatic carbocycles. The van der Waals surface area contributed by atoms with Crippen molar-refractivity contribution in [3.8, 4) is 0 Å². The number of hydrogen-bond donors (Lipinski definition) is 2. The van der Waals surface area contributed by atoms with Gasteiger partial charge in [0.1, 0.15) is 0 Å². The Morgan fingerprint density at radius 3 is 2.93 bits per heavy atom. The van der Waals surface area contributed by atoms with Crippen molar-refractivity contribution in [2.45, 2.75) is 12.5 Å². The predicted octanol–water partition coefficient (Wildman–Crippen LogP) is 2.87. The van der Waals surface area contributed by atoms with Gasteiger partial charge in [0, 0.05) is 16.8 Å². The van der Waals surface area contributed by atoms with Crippen molar-refractivity contribution in [2.24, 2.45) is 0 Å². The number of thioether (sulfide) groups is 1. The molecule has 2 nitrogen and oxygen atoms in total. The average Bonchev–Trinajstić information content (AvgIpc) is 2.24. The predicted molar refractivity (Wildman–Crippen MR) is 68.9 cm³/mol. The summed E-state index contributed by atoms with van der Waals surface area (Å²) in [6.07, 6.45) is 3.01. The number of benzene rings is 1. The quantitative estimate of drug-likeness (QED) is 0.809. The molecule has 4 heteroatoms. The number of halogens is 1. The molecule has 1 unspecified atom stereocenters. The van der Waals surface area contributed by atoms with Crippen LogP contribution in [0.3, 0.4) is 0 Å². The lowest BCUT2D eigenvalue weighted by Crippen LogP contribution is -2.24. The normalized spacial score (nSPS) is 12.5. The third kappa shape index (κ3) is 4.78. The second-order valence-electron chi connectivity index (χ2n) is 3.32. The van der Waals surface area contributed by atoms with Crippen molar-refractivity contribution in [3.63, 3.8) is 0 Å². The zero-order valence-electron chi connectivity index (χ0n) is 8.74. The first-order valence-corrected chi connectivity index (χ1v) is 6.65. The van der Waals surface area contributed by atoms with Gasteiger partial charge < -0.3 is 10.4 Å². The van der Waals surface area contributed by atoms with Crippen LogP contribution in [-0.4, -0.2) is 29.8 Å². The van der Waals surface area contributed by atoms with E-state index in [1.807, 2.05) is 24.3 Å². The van der Waals surface area contributed by atoms with Gasteiger partial charge >= 0.3 is 0 Å². The van der Waals surface area contributed by atoms with Crippen molar-refractivity contribution in [2.75, 3.05) is 23.9 Å². The maximum absolute atomic E-state index is 9.18. The maximum Gasteiger partial charge on any atom is 0.0633 e. The highest BCUT2D eigenvalue weighted by Gasteiger charge is 2.06. The standard InChI is InChI=1S/C11H16ClNOS/c1-15-6-5-11(8-14)13-10-4-2-3-9(12)7-10/h2-4,7,11,13-14H,5-6,8H2,1H3. The molecule has 0 saturated heterocycles. The van der Waals surface area contributed by atoms with Crippen LogP contribution in [0.5, 0.6) is 0 Å². The van der Waals surface area contributed by atoms with Gasteiger partial charge in [0.15, 0.2) is 0 Å². The Labute approximate surface area is 100 Å². The molecule has 0 aliphatic rings. The van der Waals surface area contributed by atoms with Gasteiger partial charge in [-0.25, -0.2) is 0 Å². The Balaban J connectivity index is 2.50. The van der Waals surface area contributed by atoms with Crippen LogP contribution < -0.4 is 5.32 Å². The summed E-state index contributed by atoms with van der Waals surface area (Å²) in [6.45, 7) is 0.146. The molecule has 1 aromatic rings. The topological polar surface area (TPSA) is 32.3 Å². The Kier molecular flexibility index (Phi) is 5.91. The third-order valence-corrected chi connectivity index (χ3v) is 2.97. The fraction of sp³-hybridized carbons (Fsp3) is 0.455. The van der Waals surface area contributed by atoms with Gasteiger partial charge in [-0.3, -0.25) is 0 Å². The lowest BCUT2D eigenvalue weighted by molar-refractivity contribution is 0.272. The second kappa shape index (κ2) is 6.99. The van der Waals surface area contributed by atoms with Crippen LogP contribution in [-0.2, 0) is 0 Å². The van der Waals surface area contributed by atoms with Crippen LogP contribution in [0.4, 0.5) is 5.69 Å². The van der Waals surface area contributed by atoms with Gasteiger partial charge in [-0.2, -0.15) is 11.8 Å². The molecule has 0 heterocycles. The first kappa shape index (κ1) is 12.7. The molecule has 0 fully saturated rings. The van der Waals surface area contributed by atoms with Crippen LogP contribution in [0.1, 0.15) is 6.42 Å². The summed E-state index contributed by atoms with van der Waals surface area (Å²) in [6, 6.07) is 7.66. The third-order valence-electron chi connectivity index (χ3n) is 2.09. The Hall–Kier alpha value is -0.380. The Morgan fingerprint density at radius 1 is 1.53 bits per heavy atom. The molecule has 0 saturated carbocycles. The highest BCUT2D eigenvalue weighted by Crippen LogP contribution is 2.16. The van der Waals surface area contributed by atoms with Crippen molar-refractivity contribution < 1.29 is 5.11 Å². The molecule has 1 atom stereocenters. The molecule has 1 rings (SSSR count). The fourth-order valence-electron chi connectivity index (χ4n) is 1.28. The van der Waals surface area contributed by atoms with Gasteiger partial charge in [-0.05, 0) is 36.6 Å². The van der Waals surface area contributed by atoms with Crippen LogP contribution in [0.25, 0.3) is 0 Å². The fourth-order valence-corrected chi connectivity index (χ4v) is 1.99. The van der Waals surface area contributed by atoms with Crippen LogP contribution in [0.2, 0.25) is 5.02 Å². The van der Waals surface area contributed by atoms with E-state index < -0.39 is 0 Å². The van der Waals surface area contributed by atoms with Gasteiger partial charge in [-0.15, -0.1) is 0 Å². The van der Waals surface area contributed by atoms with E-state index in [-0.39, 0.29) is 12.6 Å². The zero-order chi connectivity index (χ0) is 11.1. The number of nitrogens with one attached hydrogen (secondary N) is 1. The minimum absolute atomic E-state index is 0.107. The van der Waals surface area contributed by atoms with Gasteiger partial charge in [0.25, 0.3) is 0 Å². The van der Waals surface area contributed by atoms with Crippen molar-refractivity contribution >= 4 is 29.1 Å². The highest BCUT2D eigenvalue weighted by atomic mass is 35.5. The number of aliphatic hydroxyl groups is 1. The molecule has 15 heavy (non-hydrogen) atoms. The van der Waals surface area contributed by atoms with Gasteiger partial charge in [0.2, 0.25) is 0 Å². The summed E-state index contributed by atoms with van der Waals surface area (Å²) >= 11 is 7.65. The lowest BCUT2D eigenvalue weighted by Gasteiger charge is -2.17. The molecule has 84 valence electrons. The number of anilines is 1. The van der Waals surface area contributed by atoms with E-state index in [9.17, 15) is 5.11 Å². The van der Waals surface area contributed by atoms with Crippen LogP contribution in [0.15, 0.2) is 24.3 Å². The van der Waals surface area contributed by atoms with Crippen LogP contribution in [0, 0.1) is 0 Å². The van der Waals surface area contributed by atoms with E-state index in [1.54, 1.807) is 11.8 Å². The molecule has 0 aliphatic heterocycles. The monoisotopic (exact) mass is 245 g/mol. The minimum Gasteiger partial charge on any atom is -0.394 e. The van der Waals surface area contributed by atoms with Crippen molar-refractivity contribution in [1.29, 1.82) is 0 Å². The first-order chi connectivity index (χ1) is 7.26. The van der Waals surface area contributed by atoms with Crippen molar-refractivity contribution in [1.82, 2.24) is 0 Å². The molecule has 0 radical (unpaired) electrons. The maximum atomic E-state index is 9.18. The highest BCUT2D eigenvalue weighted by molar-refractivity contribution is 7.98. The smallest absolute Gasteiger partial charge is 0.0633 e. The minimum atomic E-state index is 0.107. The van der Waals surface area contributed by atoms with E-state index in [2.05, 4.69) is 11.6 Å². The van der Waals surface area contributed by atoms with Gasteiger partial charge in [0.05, 0.1) is 6.61 Å². The van der Waals surface area contributed by atoms with Crippen LogP contribution >= 0.6 is 23.4 Å². The Bertz CT molecular complexity index is 296. The van der Waals surface area contributed by atoms with Gasteiger partial charge in [-0.1, -0.05) is 17.7 Å². The lowest BCUT2D eigenvalue weighted by atomic mass is 10.2. The summed E-state index contributed by atoms with van der Waals surface area (Å²) in [5.41, 5.74) is 0.961. The molecule has 0 spiro atoms. The summed E-state index contributed by atoms with van der Waals surface area (Å²) in [5, 5.41) is 13.1. The molecule has 0 aliphatic carbocycles. The second-order valence-corrected chi connectivity index (χ2v) is 4.74. The largest absolute Gasteiger partial charge is 0.394 e. The Morgan fingerprint density at radius 2 is 2.33 bits per heavy atom. The first-order valence-electron chi connectivity index (χ1n) is 4.88. The van der Waals surface area contributed by atoms with E-state index in [0.717, 1.165) is 17.9 Å². The number of hydrogen-bond acceptors (Lipinski definition) is 3. The molecule has 0 bridgehead atoms. The number of rotatable bonds is 6. The zero-order valence-corrected chi connectivity index (χ0v) is 10.3. The van der Waals surface area contributed by atoms with E-state index >= 15 is 0 Å².